The number of primary sulfonamides is 1. The third kappa shape index (κ3) is 4.30. The molecule has 3 N–H and O–H groups in total. The van der Waals surface area contributed by atoms with Crippen LogP contribution >= 0.6 is 0 Å². The van der Waals surface area contributed by atoms with Gasteiger partial charge in [0.2, 0.25) is 10.0 Å². The van der Waals surface area contributed by atoms with Gasteiger partial charge < -0.3 is 5.32 Å². The first-order valence-corrected chi connectivity index (χ1v) is 8.66. The van der Waals surface area contributed by atoms with Crippen molar-refractivity contribution in [1.29, 1.82) is 0 Å². The maximum atomic E-state index is 11.2. The van der Waals surface area contributed by atoms with Gasteiger partial charge in [-0.25, -0.2) is 13.6 Å². The van der Waals surface area contributed by atoms with Gasteiger partial charge in [-0.3, -0.25) is 0 Å². The molecule has 0 heterocycles. The third-order valence-electron chi connectivity index (χ3n) is 4.07. The fraction of sp³-hybridized carbons (Fsp3) is 0.600. The first-order valence-electron chi connectivity index (χ1n) is 7.11. The maximum Gasteiger partial charge on any atom is 0.238 e. The summed E-state index contributed by atoms with van der Waals surface area (Å²) in [6, 6.07) is 7.43. The zero-order valence-electron chi connectivity index (χ0n) is 12.2. The predicted molar refractivity (Wildman–Crippen MR) is 80.9 cm³/mol. The molecule has 0 spiro atoms. The standard InChI is InChI=1S/C15H24N2O2S/c1-15(2)9-7-13(11-15)17-10-8-12-3-5-14(6-4-12)20(16,18)19/h3-6,13,17H,7-11H2,1-2H3,(H2,16,18,19). The third-order valence-corrected chi connectivity index (χ3v) is 5.00. The summed E-state index contributed by atoms with van der Waals surface area (Å²) >= 11 is 0. The normalized spacial score (nSPS) is 22.1. The van der Waals surface area contributed by atoms with Crippen molar-refractivity contribution in [2.24, 2.45) is 10.6 Å². The molecule has 0 radical (unpaired) electrons. The number of nitrogens with two attached hydrogens (primary N) is 1. The second-order valence-electron chi connectivity index (χ2n) is 6.50. The molecule has 1 aromatic carbocycles. The molecule has 112 valence electrons. The zero-order valence-corrected chi connectivity index (χ0v) is 13.0. The van der Waals surface area contributed by atoms with Gasteiger partial charge in [-0.1, -0.05) is 26.0 Å². The topological polar surface area (TPSA) is 72.2 Å². The van der Waals surface area contributed by atoms with E-state index >= 15 is 0 Å². The Morgan fingerprint density at radius 3 is 2.45 bits per heavy atom. The summed E-state index contributed by atoms with van der Waals surface area (Å²) in [5.74, 6) is 0. The molecule has 20 heavy (non-hydrogen) atoms. The van der Waals surface area contributed by atoms with Crippen LogP contribution < -0.4 is 10.5 Å². The Hall–Kier alpha value is -0.910. The number of sulfonamides is 1. The van der Waals surface area contributed by atoms with Gasteiger partial charge in [0.25, 0.3) is 0 Å². The van der Waals surface area contributed by atoms with Crippen molar-refractivity contribution in [3.05, 3.63) is 29.8 Å². The Labute approximate surface area is 121 Å². The average molecular weight is 296 g/mol. The highest BCUT2D eigenvalue weighted by molar-refractivity contribution is 7.89. The lowest BCUT2D eigenvalue weighted by Crippen LogP contribution is -2.29. The monoisotopic (exact) mass is 296 g/mol. The zero-order chi connectivity index (χ0) is 14.8. The van der Waals surface area contributed by atoms with Crippen molar-refractivity contribution in [1.82, 2.24) is 5.32 Å². The van der Waals surface area contributed by atoms with Gasteiger partial charge in [0.1, 0.15) is 0 Å². The average Bonchev–Trinajstić information content (AvgIpc) is 2.68. The van der Waals surface area contributed by atoms with Crippen molar-refractivity contribution >= 4 is 10.0 Å². The van der Waals surface area contributed by atoms with E-state index < -0.39 is 10.0 Å². The molecule has 0 amide bonds. The molecule has 0 saturated heterocycles. The van der Waals surface area contributed by atoms with Crippen LogP contribution in [-0.2, 0) is 16.4 Å². The van der Waals surface area contributed by atoms with Gasteiger partial charge in [0.15, 0.2) is 0 Å². The van der Waals surface area contributed by atoms with Gasteiger partial charge in [-0.2, -0.15) is 0 Å². The van der Waals surface area contributed by atoms with Gasteiger partial charge in [-0.15, -0.1) is 0 Å². The van der Waals surface area contributed by atoms with Crippen LogP contribution in [0.25, 0.3) is 0 Å². The molecule has 1 aliphatic rings. The molecular weight excluding hydrogens is 272 g/mol. The van der Waals surface area contributed by atoms with E-state index in [1.165, 1.54) is 19.3 Å². The molecule has 1 unspecified atom stereocenters. The maximum absolute atomic E-state index is 11.2. The van der Waals surface area contributed by atoms with E-state index in [1.54, 1.807) is 12.1 Å². The fourth-order valence-corrected chi connectivity index (χ4v) is 3.39. The number of benzene rings is 1. The predicted octanol–water partition coefficient (Wildman–Crippen LogP) is 2.04. The highest BCUT2D eigenvalue weighted by Crippen LogP contribution is 2.36. The summed E-state index contributed by atoms with van der Waals surface area (Å²) in [7, 11) is -3.58. The van der Waals surface area contributed by atoms with E-state index in [9.17, 15) is 8.42 Å². The van der Waals surface area contributed by atoms with Crippen molar-refractivity contribution < 1.29 is 8.42 Å². The minimum Gasteiger partial charge on any atom is -0.314 e. The molecule has 1 saturated carbocycles. The summed E-state index contributed by atoms with van der Waals surface area (Å²) in [6.07, 6.45) is 4.67. The molecule has 4 nitrogen and oxygen atoms in total. The van der Waals surface area contributed by atoms with Crippen LogP contribution in [0.3, 0.4) is 0 Å². The molecule has 1 atom stereocenters. The lowest BCUT2D eigenvalue weighted by Gasteiger charge is -2.17. The van der Waals surface area contributed by atoms with E-state index in [-0.39, 0.29) is 4.90 Å². The quantitative estimate of drug-likeness (QED) is 0.873. The molecular formula is C15H24N2O2S. The molecule has 1 aliphatic carbocycles. The number of nitrogens with one attached hydrogen (secondary N) is 1. The van der Waals surface area contributed by atoms with Crippen LogP contribution in [0.4, 0.5) is 0 Å². The second kappa shape index (κ2) is 5.84. The van der Waals surface area contributed by atoms with Crippen molar-refractivity contribution in [2.75, 3.05) is 6.54 Å². The summed E-state index contributed by atoms with van der Waals surface area (Å²) in [6.45, 7) is 5.57. The molecule has 1 fully saturated rings. The van der Waals surface area contributed by atoms with Gasteiger partial charge in [0, 0.05) is 6.04 Å². The molecule has 0 aliphatic heterocycles. The van der Waals surface area contributed by atoms with Crippen LogP contribution in [0.1, 0.15) is 38.7 Å². The van der Waals surface area contributed by atoms with Crippen LogP contribution in [0, 0.1) is 5.41 Å². The minimum absolute atomic E-state index is 0.173. The van der Waals surface area contributed by atoms with E-state index in [0.717, 1.165) is 18.5 Å². The highest BCUT2D eigenvalue weighted by Gasteiger charge is 2.30. The molecule has 0 aromatic heterocycles. The lowest BCUT2D eigenvalue weighted by atomic mass is 9.92. The van der Waals surface area contributed by atoms with Crippen LogP contribution in [-0.4, -0.2) is 21.0 Å². The Morgan fingerprint density at radius 1 is 1.30 bits per heavy atom. The Kier molecular flexibility index (Phi) is 4.52. The first-order chi connectivity index (χ1) is 9.26. The van der Waals surface area contributed by atoms with E-state index in [2.05, 4.69) is 19.2 Å². The van der Waals surface area contributed by atoms with E-state index in [0.29, 0.717) is 11.5 Å². The molecule has 0 bridgehead atoms. The number of hydrogen-bond acceptors (Lipinski definition) is 3. The molecule has 5 heteroatoms. The lowest BCUT2D eigenvalue weighted by molar-refractivity contribution is 0.365. The minimum atomic E-state index is -3.58. The van der Waals surface area contributed by atoms with Gasteiger partial charge >= 0.3 is 0 Å². The Morgan fingerprint density at radius 2 is 1.95 bits per heavy atom. The number of rotatable bonds is 5. The SMILES string of the molecule is CC1(C)CCC(NCCc2ccc(S(N)(=O)=O)cc2)C1. The number of hydrogen-bond donors (Lipinski definition) is 2. The second-order valence-corrected chi connectivity index (χ2v) is 8.06. The van der Waals surface area contributed by atoms with Crippen LogP contribution in [0.5, 0.6) is 0 Å². The molecule has 1 aromatic rings. The largest absolute Gasteiger partial charge is 0.314 e. The Bertz CT molecular complexity index is 550. The first kappa shape index (κ1) is 15.5. The summed E-state index contributed by atoms with van der Waals surface area (Å²) in [5.41, 5.74) is 1.59. The van der Waals surface area contributed by atoms with Crippen molar-refractivity contribution in [3.8, 4) is 0 Å². The highest BCUT2D eigenvalue weighted by atomic mass is 32.2. The summed E-state index contributed by atoms with van der Waals surface area (Å²) in [4.78, 5) is 0.173. The van der Waals surface area contributed by atoms with E-state index in [4.69, 9.17) is 5.14 Å². The fourth-order valence-electron chi connectivity index (χ4n) is 2.88. The summed E-state index contributed by atoms with van der Waals surface area (Å²) in [5, 5.41) is 8.66. The van der Waals surface area contributed by atoms with Crippen molar-refractivity contribution in [2.45, 2.75) is 50.5 Å². The Balaban J connectivity index is 1.80. The van der Waals surface area contributed by atoms with Crippen molar-refractivity contribution in [3.63, 3.8) is 0 Å². The van der Waals surface area contributed by atoms with Crippen LogP contribution in [0.2, 0.25) is 0 Å². The smallest absolute Gasteiger partial charge is 0.238 e. The van der Waals surface area contributed by atoms with Crippen LogP contribution in [0.15, 0.2) is 29.2 Å². The van der Waals surface area contributed by atoms with E-state index in [1.807, 2.05) is 12.1 Å². The van der Waals surface area contributed by atoms with Gasteiger partial charge in [0.05, 0.1) is 4.90 Å². The summed E-state index contributed by atoms with van der Waals surface area (Å²) < 4.78 is 22.3. The van der Waals surface area contributed by atoms with Gasteiger partial charge in [-0.05, 0) is 55.3 Å². The molecule has 2 rings (SSSR count).